The Kier molecular flexibility index (Phi) is 23.0. The summed E-state index contributed by atoms with van der Waals surface area (Å²) < 4.78 is 36.5. The summed E-state index contributed by atoms with van der Waals surface area (Å²) in [5.41, 5.74) is 5.70. The van der Waals surface area contributed by atoms with E-state index in [1.807, 2.05) is 101 Å². The van der Waals surface area contributed by atoms with Crippen LogP contribution in [0.4, 0.5) is 16.2 Å². The Bertz CT molecular complexity index is 2520. The third kappa shape index (κ3) is 16.8. The van der Waals surface area contributed by atoms with E-state index < -0.39 is 5.60 Å². The summed E-state index contributed by atoms with van der Waals surface area (Å²) >= 11 is 0. The minimum atomic E-state index is -0.551. The van der Waals surface area contributed by atoms with Crippen molar-refractivity contribution in [3.8, 4) is 23.0 Å². The van der Waals surface area contributed by atoms with E-state index in [0.29, 0.717) is 73.1 Å². The van der Waals surface area contributed by atoms with Crippen molar-refractivity contribution < 1.29 is 57.1 Å². The lowest BCUT2D eigenvalue weighted by Crippen LogP contribution is -2.50. The molecular weight excluding hydrogens is 972 g/mol. The van der Waals surface area contributed by atoms with Crippen LogP contribution in [0.15, 0.2) is 72.8 Å². The molecule has 0 saturated carbocycles. The summed E-state index contributed by atoms with van der Waals surface area (Å²) in [5.74, 6) is 1.34. The Hall–Kier alpha value is -6.92. The van der Waals surface area contributed by atoms with E-state index in [1.54, 1.807) is 39.4 Å². The Morgan fingerprint density at radius 1 is 0.554 bits per heavy atom. The van der Waals surface area contributed by atoms with Crippen LogP contribution in [0.3, 0.4) is 0 Å². The smallest absolute Gasteiger partial charge is 0.410 e. The topological polar surface area (TPSA) is 196 Å². The van der Waals surface area contributed by atoms with Gasteiger partial charge in [0.15, 0.2) is 23.0 Å². The molecule has 0 radical (unpaired) electrons. The van der Waals surface area contributed by atoms with Crippen LogP contribution in [-0.4, -0.2) is 135 Å². The van der Waals surface area contributed by atoms with Crippen LogP contribution in [0.1, 0.15) is 103 Å². The second kappa shape index (κ2) is 28.5. The molecule has 2 aliphatic rings. The van der Waals surface area contributed by atoms with Crippen molar-refractivity contribution in [1.29, 1.82) is 0 Å². The molecule has 2 atom stereocenters. The van der Waals surface area contributed by atoms with E-state index >= 15 is 0 Å². The highest BCUT2D eigenvalue weighted by atomic mass is 35.5. The standard InChI is InChI=1S/C30H41N3O7.C25H33N3O5.ClH/c1-20(22-9-12-25(37-5)26(18-22)38-6)31-28(35)24-19-23(11-8-21(24)10-13-27(34)39-7)32-14-16-33(17-15-32)29(36)40-30(2,3)4;1-17(19-6-9-22(31-2)23(15-19)32-3)27-25(30)21-16-20(28-13-11-26-12-14-28)8-5-18(21)7-10-24(29)33-4;/h8-9,11-12,18-20H,10,13-17H2,1-7H3,(H,31,35);5-6,8-9,15-17,26H,7,10-14H2,1-4H3,(H,27,30);1H/t20-;17-;/m11./s1. The zero-order valence-electron chi connectivity index (χ0n) is 44.7. The van der Waals surface area contributed by atoms with Crippen LogP contribution in [0.25, 0.3) is 0 Å². The molecule has 2 fully saturated rings. The SMILES string of the molecule is COC(=O)CCc1ccc(N2CCN(C(=O)OC(C)(C)C)CC2)cc1C(=O)N[C@H](C)c1ccc(OC)c(OC)c1.COC(=O)CCc1ccc(N2CCNCC2)cc1C(=O)N[C@H](C)c1ccc(OC)c(OC)c1.Cl. The molecule has 0 unspecified atom stereocenters. The molecule has 0 aliphatic carbocycles. The predicted molar refractivity (Wildman–Crippen MR) is 287 cm³/mol. The molecule has 3 amide bonds. The fraction of sp³-hybridized carbons (Fsp3) is 0.473. The number of methoxy groups -OCH3 is 6. The number of ether oxygens (including phenoxy) is 7. The molecule has 4 aromatic rings. The van der Waals surface area contributed by atoms with E-state index in [9.17, 15) is 24.0 Å². The first-order chi connectivity index (χ1) is 34.9. The van der Waals surface area contributed by atoms with Crippen molar-refractivity contribution in [2.24, 2.45) is 0 Å². The summed E-state index contributed by atoms with van der Waals surface area (Å²) in [6.07, 6.45) is 0.856. The molecule has 404 valence electrons. The van der Waals surface area contributed by atoms with Gasteiger partial charge in [-0.15, -0.1) is 12.4 Å². The number of piperazine rings is 2. The third-order valence-electron chi connectivity index (χ3n) is 12.6. The molecule has 0 spiro atoms. The van der Waals surface area contributed by atoms with Crippen LogP contribution in [0, 0.1) is 0 Å². The van der Waals surface area contributed by atoms with Gasteiger partial charge < -0.3 is 63.8 Å². The Morgan fingerprint density at radius 2 is 0.959 bits per heavy atom. The minimum absolute atomic E-state index is 0. The second-order valence-electron chi connectivity index (χ2n) is 18.6. The summed E-state index contributed by atoms with van der Waals surface area (Å²) in [6.45, 7) is 15.2. The average Bonchev–Trinajstić information content (AvgIpc) is 3.40. The van der Waals surface area contributed by atoms with Crippen LogP contribution < -0.4 is 44.7 Å². The molecule has 0 bridgehead atoms. The number of carbonyl (C=O) groups excluding carboxylic acids is 5. The number of rotatable bonds is 18. The number of halogens is 1. The van der Waals surface area contributed by atoms with E-state index in [0.717, 1.165) is 59.8 Å². The van der Waals surface area contributed by atoms with Gasteiger partial charge in [0.05, 0.1) is 54.7 Å². The van der Waals surface area contributed by atoms with E-state index in [-0.39, 0.29) is 67.2 Å². The van der Waals surface area contributed by atoms with Gasteiger partial charge >= 0.3 is 18.0 Å². The Morgan fingerprint density at radius 3 is 1.34 bits per heavy atom. The van der Waals surface area contributed by atoms with Crippen molar-refractivity contribution in [2.75, 3.05) is 105 Å². The predicted octanol–water partition coefficient (Wildman–Crippen LogP) is 7.49. The number of anilines is 2. The Labute approximate surface area is 442 Å². The molecule has 2 saturated heterocycles. The monoisotopic (exact) mass is 1050 g/mol. The number of hydrogen-bond donors (Lipinski definition) is 3. The van der Waals surface area contributed by atoms with Gasteiger partial charge in [-0.1, -0.05) is 24.3 Å². The van der Waals surface area contributed by atoms with Crippen molar-refractivity contribution in [3.05, 3.63) is 106 Å². The quantitative estimate of drug-likeness (QED) is 0.0655. The number of esters is 2. The number of benzene rings is 4. The molecular formula is C55H75ClN6O12. The molecule has 6 rings (SSSR count). The first-order valence-corrected chi connectivity index (χ1v) is 24.6. The molecule has 4 aromatic carbocycles. The Balaban J connectivity index is 0.000000322. The summed E-state index contributed by atoms with van der Waals surface area (Å²) in [5, 5.41) is 9.51. The van der Waals surface area contributed by atoms with Crippen LogP contribution in [0.2, 0.25) is 0 Å². The van der Waals surface area contributed by atoms with Gasteiger partial charge in [0, 0.05) is 87.7 Å². The van der Waals surface area contributed by atoms with Crippen LogP contribution >= 0.6 is 12.4 Å². The van der Waals surface area contributed by atoms with Crippen LogP contribution in [0.5, 0.6) is 23.0 Å². The molecule has 19 heteroatoms. The molecule has 2 heterocycles. The van der Waals surface area contributed by atoms with Gasteiger partial charge in [-0.2, -0.15) is 0 Å². The molecule has 3 N–H and O–H groups in total. The van der Waals surface area contributed by atoms with E-state index in [1.165, 1.54) is 14.2 Å². The maximum absolute atomic E-state index is 13.6. The normalized spacial score (nSPS) is 14.1. The van der Waals surface area contributed by atoms with E-state index in [2.05, 4.69) is 25.8 Å². The van der Waals surface area contributed by atoms with Gasteiger partial charge in [0.1, 0.15) is 5.60 Å². The maximum Gasteiger partial charge on any atom is 0.410 e. The van der Waals surface area contributed by atoms with E-state index in [4.69, 9.17) is 33.2 Å². The number of hydrogen-bond acceptors (Lipinski definition) is 15. The zero-order valence-corrected chi connectivity index (χ0v) is 45.5. The third-order valence-corrected chi connectivity index (χ3v) is 12.6. The van der Waals surface area contributed by atoms with Crippen molar-refractivity contribution in [1.82, 2.24) is 20.9 Å². The summed E-state index contributed by atoms with van der Waals surface area (Å²) in [6, 6.07) is 22.1. The lowest BCUT2D eigenvalue weighted by Gasteiger charge is -2.37. The van der Waals surface area contributed by atoms with Crippen LogP contribution in [-0.2, 0) is 36.6 Å². The first-order valence-electron chi connectivity index (χ1n) is 24.6. The number of amides is 3. The lowest BCUT2D eigenvalue weighted by atomic mass is 9.99. The summed E-state index contributed by atoms with van der Waals surface area (Å²) in [4.78, 5) is 69.0. The molecule has 18 nitrogen and oxygen atoms in total. The van der Waals surface area contributed by atoms with Crippen molar-refractivity contribution in [2.45, 2.75) is 78.0 Å². The number of nitrogens with zero attached hydrogens (tertiary/aromatic N) is 3. The number of aryl methyl sites for hydroxylation is 2. The number of carbonyl (C=O) groups is 5. The zero-order chi connectivity index (χ0) is 53.2. The molecule has 0 aromatic heterocycles. The van der Waals surface area contributed by atoms with Crippen molar-refractivity contribution in [3.63, 3.8) is 0 Å². The minimum Gasteiger partial charge on any atom is -0.493 e. The van der Waals surface area contributed by atoms with Gasteiger partial charge in [-0.25, -0.2) is 4.79 Å². The van der Waals surface area contributed by atoms with Gasteiger partial charge in [-0.3, -0.25) is 19.2 Å². The van der Waals surface area contributed by atoms with Gasteiger partial charge in [-0.05, 0) is 118 Å². The first kappa shape index (κ1) is 59.6. The lowest BCUT2D eigenvalue weighted by molar-refractivity contribution is -0.141. The second-order valence-corrected chi connectivity index (χ2v) is 18.6. The van der Waals surface area contributed by atoms with Crippen molar-refractivity contribution >= 4 is 53.6 Å². The highest BCUT2D eigenvalue weighted by molar-refractivity contribution is 5.98. The fourth-order valence-electron chi connectivity index (χ4n) is 8.42. The molecule has 74 heavy (non-hydrogen) atoms. The summed E-state index contributed by atoms with van der Waals surface area (Å²) in [7, 11) is 9.03. The highest BCUT2D eigenvalue weighted by Gasteiger charge is 2.27. The van der Waals surface area contributed by atoms with Gasteiger partial charge in [0.25, 0.3) is 11.8 Å². The highest BCUT2D eigenvalue weighted by Crippen LogP contribution is 2.32. The fourth-order valence-corrected chi connectivity index (χ4v) is 8.42. The largest absolute Gasteiger partial charge is 0.493 e. The average molecular weight is 1050 g/mol. The molecule has 2 aliphatic heterocycles. The maximum atomic E-state index is 13.6. The van der Waals surface area contributed by atoms with Gasteiger partial charge in [0.2, 0.25) is 0 Å². The number of nitrogens with one attached hydrogen (secondary N) is 3.